The van der Waals surface area contributed by atoms with Crippen molar-refractivity contribution in [2.24, 2.45) is 0 Å². The van der Waals surface area contributed by atoms with Crippen LogP contribution in [0, 0.1) is 0 Å². The van der Waals surface area contributed by atoms with Gasteiger partial charge in [0.1, 0.15) is 6.29 Å². The summed E-state index contributed by atoms with van der Waals surface area (Å²) in [5.74, 6) is 0. The SMILES string of the molecule is C/C=C/CCCCCC/C=C/C=O. The molecule has 0 heterocycles. The summed E-state index contributed by atoms with van der Waals surface area (Å²) in [5, 5.41) is 0. The lowest BCUT2D eigenvalue weighted by atomic mass is 10.1. The molecule has 0 rings (SSSR count). The molecule has 74 valence electrons. The van der Waals surface area contributed by atoms with E-state index >= 15 is 0 Å². The Morgan fingerprint density at radius 2 is 1.54 bits per heavy atom. The molecular weight excluding hydrogens is 160 g/mol. The van der Waals surface area contributed by atoms with Gasteiger partial charge in [0.25, 0.3) is 0 Å². The van der Waals surface area contributed by atoms with Crippen LogP contribution < -0.4 is 0 Å². The van der Waals surface area contributed by atoms with Gasteiger partial charge in [0.2, 0.25) is 0 Å². The van der Waals surface area contributed by atoms with Gasteiger partial charge >= 0.3 is 0 Å². The molecule has 0 atom stereocenters. The van der Waals surface area contributed by atoms with E-state index in [9.17, 15) is 4.79 Å². The summed E-state index contributed by atoms with van der Waals surface area (Å²) >= 11 is 0. The van der Waals surface area contributed by atoms with Gasteiger partial charge in [0.15, 0.2) is 0 Å². The maximum Gasteiger partial charge on any atom is 0.142 e. The predicted molar refractivity (Wildman–Crippen MR) is 57.7 cm³/mol. The van der Waals surface area contributed by atoms with Gasteiger partial charge in [0, 0.05) is 0 Å². The molecule has 0 N–H and O–H groups in total. The van der Waals surface area contributed by atoms with Crippen molar-refractivity contribution < 1.29 is 4.79 Å². The molecule has 0 spiro atoms. The molecule has 0 aliphatic rings. The number of aldehydes is 1. The number of unbranched alkanes of at least 4 members (excludes halogenated alkanes) is 5. The topological polar surface area (TPSA) is 17.1 Å². The number of carbonyl (C=O) groups is 1. The lowest BCUT2D eigenvalue weighted by Gasteiger charge is -1.95. The van der Waals surface area contributed by atoms with E-state index in [4.69, 9.17) is 0 Å². The first-order chi connectivity index (χ1) is 6.41. The van der Waals surface area contributed by atoms with E-state index in [2.05, 4.69) is 19.1 Å². The minimum atomic E-state index is 0.839. The van der Waals surface area contributed by atoms with Gasteiger partial charge < -0.3 is 0 Å². The summed E-state index contributed by atoms with van der Waals surface area (Å²) in [4.78, 5) is 9.92. The molecule has 0 aromatic carbocycles. The molecule has 0 aliphatic carbocycles. The lowest BCUT2D eigenvalue weighted by Crippen LogP contribution is -1.76. The van der Waals surface area contributed by atoms with E-state index in [1.54, 1.807) is 6.08 Å². The zero-order valence-electron chi connectivity index (χ0n) is 8.54. The highest BCUT2D eigenvalue weighted by molar-refractivity contribution is 5.64. The number of allylic oxidation sites excluding steroid dienone is 4. The molecule has 0 saturated heterocycles. The smallest absolute Gasteiger partial charge is 0.142 e. The summed E-state index contributed by atoms with van der Waals surface area (Å²) in [6, 6.07) is 0. The van der Waals surface area contributed by atoms with Gasteiger partial charge in [-0.05, 0) is 38.7 Å². The minimum Gasteiger partial charge on any atom is -0.299 e. The second kappa shape index (κ2) is 11.2. The summed E-state index contributed by atoms with van der Waals surface area (Å²) in [7, 11) is 0. The first-order valence-electron chi connectivity index (χ1n) is 5.13. The standard InChI is InChI=1S/C12H20O/c1-2-3-4-5-6-7-8-9-10-11-12-13/h2-3,10-12H,4-9H2,1H3/b3-2+,11-10+. The molecule has 0 radical (unpaired) electrons. The van der Waals surface area contributed by atoms with Gasteiger partial charge in [-0.2, -0.15) is 0 Å². The van der Waals surface area contributed by atoms with Crippen LogP contribution in [0.15, 0.2) is 24.3 Å². The monoisotopic (exact) mass is 180 g/mol. The minimum absolute atomic E-state index is 0.839. The van der Waals surface area contributed by atoms with Crippen molar-refractivity contribution in [1.82, 2.24) is 0 Å². The molecule has 0 saturated carbocycles. The molecule has 1 nitrogen and oxygen atoms in total. The van der Waals surface area contributed by atoms with Crippen LogP contribution in [-0.4, -0.2) is 6.29 Å². The van der Waals surface area contributed by atoms with Crippen LogP contribution in [-0.2, 0) is 4.79 Å². The predicted octanol–water partition coefficient (Wildman–Crippen LogP) is 3.66. The zero-order valence-corrected chi connectivity index (χ0v) is 8.54. The normalized spacial score (nSPS) is 11.5. The van der Waals surface area contributed by atoms with E-state index in [0.717, 1.165) is 12.7 Å². The Morgan fingerprint density at radius 3 is 2.08 bits per heavy atom. The second-order valence-corrected chi connectivity index (χ2v) is 3.12. The molecule has 0 aromatic heterocycles. The molecule has 1 heteroatoms. The lowest BCUT2D eigenvalue weighted by molar-refractivity contribution is -0.104. The quantitative estimate of drug-likeness (QED) is 0.241. The molecule has 0 fully saturated rings. The van der Waals surface area contributed by atoms with Crippen molar-refractivity contribution in [3.63, 3.8) is 0 Å². The van der Waals surface area contributed by atoms with Crippen molar-refractivity contribution >= 4 is 6.29 Å². The van der Waals surface area contributed by atoms with Crippen molar-refractivity contribution in [2.45, 2.75) is 45.4 Å². The third-order valence-electron chi connectivity index (χ3n) is 1.94. The Labute approximate surface area is 81.5 Å². The Bertz CT molecular complexity index is 157. The Balaban J connectivity index is 2.99. The molecule has 0 bridgehead atoms. The average Bonchev–Trinajstić information content (AvgIpc) is 2.16. The number of hydrogen-bond donors (Lipinski definition) is 0. The zero-order chi connectivity index (χ0) is 9.78. The molecule has 0 aliphatic heterocycles. The molecular formula is C12H20O. The van der Waals surface area contributed by atoms with Crippen molar-refractivity contribution in [3.8, 4) is 0 Å². The van der Waals surface area contributed by atoms with Crippen LogP contribution in [0.4, 0.5) is 0 Å². The maximum absolute atomic E-state index is 9.92. The molecule has 0 aromatic rings. The summed E-state index contributed by atoms with van der Waals surface area (Å²) in [5.41, 5.74) is 0. The van der Waals surface area contributed by atoms with E-state index in [1.807, 2.05) is 6.08 Å². The van der Waals surface area contributed by atoms with Crippen LogP contribution >= 0.6 is 0 Å². The van der Waals surface area contributed by atoms with E-state index in [1.165, 1.54) is 32.1 Å². The van der Waals surface area contributed by atoms with E-state index in [0.29, 0.717) is 0 Å². The highest BCUT2D eigenvalue weighted by Crippen LogP contribution is 2.05. The van der Waals surface area contributed by atoms with Gasteiger partial charge in [-0.3, -0.25) is 4.79 Å². The number of hydrogen-bond acceptors (Lipinski definition) is 1. The van der Waals surface area contributed by atoms with Crippen molar-refractivity contribution in [2.75, 3.05) is 0 Å². The third-order valence-corrected chi connectivity index (χ3v) is 1.94. The maximum atomic E-state index is 9.92. The van der Waals surface area contributed by atoms with Crippen molar-refractivity contribution in [1.29, 1.82) is 0 Å². The fraction of sp³-hybridized carbons (Fsp3) is 0.583. The summed E-state index contributed by atoms with van der Waals surface area (Å²) in [6.45, 7) is 2.06. The fourth-order valence-electron chi connectivity index (χ4n) is 1.20. The second-order valence-electron chi connectivity index (χ2n) is 3.12. The fourth-order valence-corrected chi connectivity index (χ4v) is 1.20. The third kappa shape index (κ3) is 11.1. The van der Waals surface area contributed by atoms with Crippen LogP contribution in [0.1, 0.15) is 45.4 Å². The summed E-state index contributed by atoms with van der Waals surface area (Å²) < 4.78 is 0. The molecule has 13 heavy (non-hydrogen) atoms. The highest BCUT2D eigenvalue weighted by atomic mass is 16.1. The summed E-state index contributed by atoms with van der Waals surface area (Å²) in [6.07, 6.45) is 16.0. The average molecular weight is 180 g/mol. The Hall–Kier alpha value is -0.850. The van der Waals surface area contributed by atoms with Crippen LogP contribution in [0.2, 0.25) is 0 Å². The van der Waals surface area contributed by atoms with Gasteiger partial charge in [0.05, 0.1) is 0 Å². The molecule has 0 unspecified atom stereocenters. The molecule has 0 amide bonds. The Morgan fingerprint density at radius 1 is 0.923 bits per heavy atom. The van der Waals surface area contributed by atoms with Crippen molar-refractivity contribution in [3.05, 3.63) is 24.3 Å². The Kier molecular flexibility index (Phi) is 10.4. The van der Waals surface area contributed by atoms with Crippen LogP contribution in [0.25, 0.3) is 0 Å². The van der Waals surface area contributed by atoms with Crippen LogP contribution in [0.3, 0.4) is 0 Å². The van der Waals surface area contributed by atoms with Crippen LogP contribution in [0.5, 0.6) is 0 Å². The van der Waals surface area contributed by atoms with Gasteiger partial charge in [-0.15, -0.1) is 0 Å². The number of rotatable bonds is 8. The van der Waals surface area contributed by atoms with E-state index in [-0.39, 0.29) is 0 Å². The van der Waals surface area contributed by atoms with E-state index < -0.39 is 0 Å². The first-order valence-corrected chi connectivity index (χ1v) is 5.13. The number of carbonyl (C=O) groups excluding carboxylic acids is 1. The largest absolute Gasteiger partial charge is 0.299 e. The van der Waals surface area contributed by atoms with Gasteiger partial charge in [-0.1, -0.05) is 31.1 Å². The first kappa shape index (κ1) is 12.2. The highest BCUT2D eigenvalue weighted by Gasteiger charge is 1.86. The van der Waals surface area contributed by atoms with Gasteiger partial charge in [-0.25, -0.2) is 0 Å².